The van der Waals surface area contributed by atoms with Gasteiger partial charge in [-0.3, -0.25) is 4.79 Å². The highest BCUT2D eigenvalue weighted by atomic mass is 32.1. The summed E-state index contributed by atoms with van der Waals surface area (Å²) >= 11 is 1.50. The number of hydrogen-bond acceptors (Lipinski definition) is 5. The van der Waals surface area contributed by atoms with Gasteiger partial charge in [-0.05, 0) is 67.8 Å². The molecule has 0 aliphatic heterocycles. The van der Waals surface area contributed by atoms with Crippen LogP contribution >= 0.6 is 11.3 Å². The first-order chi connectivity index (χ1) is 20.6. The average molecular weight is 646 g/mol. The minimum absolute atomic E-state index is 0.0223. The third kappa shape index (κ3) is 9.53. The molecule has 0 saturated carbocycles. The molecular weight excluding hydrogens is 612 g/mol. The number of methoxy groups -OCH3 is 2. The van der Waals surface area contributed by atoms with Crippen LogP contribution in [-0.4, -0.2) is 55.6 Å². The molecule has 3 rings (SSSR count). The second-order valence-corrected chi connectivity index (χ2v) is 11.3. The summed E-state index contributed by atoms with van der Waals surface area (Å²) in [6.45, 7) is 3.74. The molecule has 2 aromatic carbocycles. The quantitative estimate of drug-likeness (QED) is 0.206. The number of alkyl halides is 6. The Bertz CT molecular complexity index is 1410. The Morgan fingerprint density at radius 2 is 1.48 bits per heavy atom. The number of rotatable bonds is 12. The molecule has 0 saturated heterocycles. The van der Waals surface area contributed by atoms with Gasteiger partial charge in [-0.25, -0.2) is 4.79 Å². The largest absolute Gasteiger partial charge is 0.493 e. The minimum Gasteiger partial charge on any atom is -0.493 e. The number of amides is 3. The number of benzene rings is 2. The molecule has 0 fully saturated rings. The molecule has 1 N–H and O–H groups in total. The molecule has 1 heterocycles. The Morgan fingerprint density at radius 3 is 2.00 bits per heavy atom. The molecule has 14 heteroatoms. The summed E-state index contributed by atoms with van der Waals surface area (Å²) in [6, 6.07) is 9.00. The molecule has 3 amide bonds. The lowest BCUT2D eigenvalue weighted by Gasteiger charge is -2.28. The zero-order chi connectivity index (χ0) is 32.7. The van der Waals surface area contributed by atoms with E-state index in [0.29, 0.717) is 36.5 Å². The van der Waals surface area contributed by atoms with Gasteiger partial charge in [0, 0.05) is 28.5 Å². The second kappa shape index (κ2) is 14.7. The van der Waals surface area contributed by atoms with Crippen molar-refractivity contribution < 1.29 is 45.4 Å². The van der Waals surface area contributed by atoms with E-state index < -0.39 is 47.6 Å². The first-order valence-electron chi connectivity index (χ1n) is 13.5. The summed E-state index contributed by atoms with van der Waals surface area (Å²) < 4.78 is 90.5. The number of carbonyl (C=O) groups excluding carboxylic acids is 2. The molecule has 0 spiro atoms. The zero-order valence-corrected chi connectivity index (χ0v) is 25.4. The third-order valence-electron chi connectivity index (χ3n) is 6.56. The highest BCUT2D eigenvalue weighted by molar-refractivity contribution is 7.11. The van der Waals surface area contributed by atoms with Gasteiger partial charge in [-0.2, -0.15) is 26.3 Å². The van der Waals surface area contributed by atoms with E-state index in [9.17, 15) is 35.9 Å². The van der Waals surface area contributed by atoms with Crippen molar-refractivity contribution in [3.05, 3.63) is 75.0 Å². The number of aryl methyl sites for hydroxylation is 1. The topological polar surface area (TPSA) is 71.1 Å². The van der Waals surface area contributed by atoms with E-state index in [4.69, 9.17) is 9.47 Å². The van der Waals surface area contributed by atoms with Gasteiger partial charge in [-0.15, -0.1) is 11.3 Å². The van der Waals surface area contributed by atoms with Crippen molar-refractivity contribution >= 4 is 29.0 Å². The number of hydrogen-bond donors (Lipinski definition) is 1. The molecule has 3 aromatic rings. The Morgan fingerprint density at radius 1 is 0.841 bits per heavy atom. The number of carbonyl (C=O) groups is 2. The van der Waals surface area contributed by atoms with Gasteiger partial charge < -0.3 is 24.6 Å². The van der Waals surface area contributed by atoms with Crippen LogP contribution in [0.2, 0.25) is 0 Å². The molecular formula is C30H33F6N3O4S. The van der Waals surface area contributed by atoms with Gasteiger partial charge in [0.2, 0.25) is 5.91 Å². The second-order valence-electron chi connectivity index (χ2n) is 9.91. The highest BCUT2D eigenvalue weighted by Crippen LogP contribution is 2.37. The number of nitrogens with one attached hydrogen (secondary N) is 1. The van der Waals surface area contributed by atoms with Crippen molar-refractivity contribution in [2.24, 2.45) is 0 Å². The van der Waals surface area contributed by atoms with Gasteiger partial charge in [0.25, 0.3) is 0 Å². The monoisotopic (exact) mass is 645 g/mol. The summed E-state index contributed by atoms with van der Waals surface area (Å²) in [4.78, 5) is 31.3. The summed E-state index contributed by atoms with van der Waals surface area (Å²) in [5.41, 5.74) is -2.96. The summed E-state index contributed by atoms with van der Waals surface area (Å²) in [7, 11) is 3.02. The minimum atomic E-state index is -5.08. The van der Waals surface area contributed by atoms with Gasteiger partial charge in [0.05, 0.1) is 31.9 Å². The van der Waals surface area contributed by atoms with Crippen LogP contribution in [0.4, 0.5) is 36.8 Å². The van der Waals surface area contributed by atoms with E-state index >= 15 is 0 Å². The van der Waals surface area contributed by atoms with E-state index in [2.05, 4.69) is 5.32 Å². The zero-order valence-electron chi connectivity index (χ0n) is 24.6. The van der Waals surface area contributed by atoms with Crippen LogP contribution in [0, 0.1) is 6.92 Å². The van der Waals surface area contributed by atoms with E-state index in [1.807, 2.05) is 25.1 Å². The SMILES string of the molecule is CCCN(CC(=O)N(CCc1ccc(OC)c(OC)c1)Cc1ccc(C)s1)C(=O)Nc1cc(C(F)(F)F)cc(C(F)(F)F)c1. The van der Waals surface area contributed by atoms with E-state index in [-0.39, 0.29) is 25.7 Å². The Hall–Kier alpha value is -3.94. The van der Waals surface area contributed by atoms with Gasteiger partial charge >= 0.3 is 18.4 Å². The van der Waals surface area contributed by atoms with Gasteiger partial charge in [-0.1, -0.05) is 13.0 Å². The first kappa shape index (κ1) is 34.5. The van der Waals surface area contributed by atoms with Crippen LogP contribution < -0.4 is 14.8 Å². The van der Waals surface area contributed by atoms with Crippen LogP contribution in [0.25, 0.3) is 0 Å². The smallest absolute Gasteiger partial charge is 0.416 e. The lowest BCUT2D eigenvalue weighted by molar-refractivity contribution is -0.143. The fourth-order valence-corrected chi connectivity index (χ4v) is 5.27. The van der Waals surface area contributed by atoms with Crippen LogP contribution in [0.1, 0.15) is 39.8 Å². The van der Waals surface area contributed by atoms with E-state index in [1.54, 1.807) is 24.0 Å². The number of thiophene rings is 1. The molecule has 0 aliphatic carbocycles. The van der Waals surface area contributed by atoms with Crippen LogP contribution in [-0.2, 0) is 30.1 Å². The maximum atomic E-state index is 13.6. The van der Waals surface area contributed by atoms with Gasteiger partial charge in [0.1, 0.15) is 6.54 Å². The highest BCUT2D eigenvalue weighted by Gasteiger charge is 2.37. The summed E-state index contributed by atoms with van der Waals surface area (Å²) in [5.74, 6) is 0.619. The molecule has 0 unspecified atom stereocenters. The van der Waals surface area contributed by atoms with Crippen molar-refractivity contribution in [2.75, 3.05) is 39.2 Å². The number of urea groups is 1. The van der Waals surface area contributed by atoms with Crippen molar-refractivity contribution in [3.8, 4) is 11.5 Å². The number of nitrogens with zero attached hydrogens (tertiary/aromatic N) is 2. The Labute approximate surface area is 255 Å². The fraction of sp³-hybridized carbons (Fsp3) is 0.400. The van der Waals surface area contributed by atoms with E-state index in [1.165, 1.54) is 25.6 Å². The molecule has 0 radical (unpaired) electrons. The molecule has 1 aromatic heterocycles. The fourth-order valence-electron chi connectivity index (χ4n) is 4.37. The van der Waals surface area contributed by atoms with Crippen LogP contribution in [0.3, 0.4) is 0 Å². The summed E-state index contributed by atoms with van der Waals surface area (Å²) in [5, 5.41) is 2.12. The Balaban J connectivity index is 1.82. The predicted molar refractivity (Wildman–Crippen MR) is 155 cm³/mol. The standard InChI is InChI=1S/C30H33F6N3O4S/c1-5-11-39(28(41)37-23-15-21(29(31,32)33)14-22(16-23)30(34,35)36)18-27(40)38(17-24-8-6-19(2)44-24)12-10-20-7-9-25(42-3)26(13-20)43-4/h6-9,13-16H,5,10-12,17-18H2,1-4H3,(H,37,41). The normalized spacial score (nSPS) is 11.7. The van der Waals surface area contributed by atoms with Gasteiger partial charge in [0.15, 0.2) is 11.5 Å². The molecule has 0 aliphatic rings. The Kier molecular flexibility index (Phi) is 11.5. The molecule has 240 valence electrons. The lowest BCUT2D eigenvalue weighted by Crippen LogP contribution is -2.45. The number of anilines is 1. The van der Waals surface area contributed by atoms with Crippen molar-refractivity contribution in [2.45, 2.75) is 45.6 Å². The van der Waals surface area contributed by atoms with Crippen molar-refractivity contribution in [3.63, 3.8) is 0 Å². The molecule has 0 bridgehead atoms. The molecule has 44 heavy (non-hydrogen) atoms. The predicted octanol–water partition coefficient (Wildman–Crippen LogP) is 7.63. The van der Waals surface area contributed by atoms with Crippen molar-refractivity contribution in [1.29, 1.82) is 0 Å². The third-order valence-corrected chi connectivity index (χ3v) is 7.54. The number of ether oxygens (including phenoxy) is 2. The molecule has 0 atom stereocenters. The summed E-state index contributed by atoms with van der Waals surface area (Å²) in [6.07, 6.45) is -9.34. The van der Waals surface area contributed by atoms with Crippen molar-refractivity contribution in [1.82, 2.24) is 9.80 Å². The maximum Gasteiger partial charge on any atom is 0.416 e. The van der Waals surface area contributed by atoms with E-state index in [0.717, 1.165) is 20.2 Å². The van der Waals surface area contributed by atoms with Crippen LogP contribution in [0.15, 0.2) is 48.5 Å². The maximum absolute atomic E-state index is 13.6. The average Bonchev–Trinajstić information content (AvgIpc) is 3.37. The number of halogens is 6. The lowest BCUT2D eigenvalue weighted by atomic mass is 10.1. The van der Waals surface area contributed by atoms with Crippen LogP contribution in [0.5, 0.6) is 11.5 Å². The first-order valence-corrected chi connectivity index (χ1v) is 14.4. The molecule has 7 nitrogen and oxygen atoms in total.